The average molecular weight is 297 g/mol. The fourth-order valence-corrected chi connectivity index (χ4v) is 4.00. The maximum atomic E-state index is 12.9. The molecule has 1 N–H and O–H groups in total. The van der Waals surface area contributed by atoms with Crippen molar-refractivity contribution in [2.45, 2.75) is 12.8 Å². The minimum Gasteiger partial charge on any atom is -0.393 e. The van der Waals surface area contributed by atoms with E-state index in [-0.39, 0.29) is 11.8 Å². The number of rotatable bonds is 2. The second kappa shape index (κ2) is 4.53. The number of hydrogen-bond acceptors (Lipinski definition) is 4. The minimum absolute atomic E-state index is 0.00958. The van der Waals surface area contributed by atoms with Gasteiger partial charge in [-0.15, -0.1) is 0 Å². The highest BCUT2D eigenvalue weighted by atomic mass is 16.6. The number of benzene rings is 1. The molecule has 2 bridgehead atoms. The first-order chi connectivity index (χ1) is 10.6. The third kappa shape index (κ3) is 1.68. The van der Waals surface area contributed by atoms with Crippen LogP contribution in [-0.2, 0) is 19.1 Å². The zero-order chi connectivity index (χ0) is 15.3. The molecule has 1 heterocycles. The van der Waals surface area contributed by atoms with Crippen LogP contribution in [0.15, 0.2) is 42.5 Å². The van der Waals surface area contributed by atoms with Crippen molar-refractivity contribution in [2.75, 3.05) is 5.32 Å². The molecule has 0 aromatic heterocycles. The minimum atomic E-state index is -0.974. The lowest BCUT2D eigenvalue weighted by Gasteiger charge is -2.45. The predicted molar refractivity (Wildman–Crippen MR) is 77.4 cm³/mol. The number of anilines is 1. The largest absolute Gasteiger partial charge is 0.393 e. The van der Waals surface area contributed by atoms with Crippen molar-refractivity contribution in [1.29, 1.82) is 0 Å². The smallest absolute Gasteiger partial charge is 0.318 e. The monoisotopic (exact) mass is 297 g/mol. The topological polar surface area (TPSA) is 72.5 Å². The third-order valence-corrected chi connectivity index (χ3v) is 5.09. The summed E-state index contributed by atoms with van der Waals surface area (Å²) in [5, 5.41) is 2.87. The first-order valence-corrected chi connectivity index (χ1v) is 7.43. The van der Waals surface area contributed by atoms with Crippen molar-refractivity contribution in [1.82, 2.24) is 0 Å². The van der Waals surface area contributed by atoms with Crippen molar-refractivity contribution >= 4 is 23.5 Å². The Labute approximate surface area is 127 Å². The molecule has 0 radical (unpaired) electrons. The molecule has 2 fully saturated rings. The number of carbonyl (C=O) groups excluding carboxylic acids is 3. The third-order valence-electron chi connectivity index (χ3n) is 5.09. The molecule has 1 saturated heterocycles. The Morgan fingerprint density at radius 2 is 1.95 bits per heavy atom. The Bertz CT molecular complexity index is 696. The standard InChI is InChI=1S/C17H15NO4/c19-14-12-10-6-8-17(9-7-10,13(12)15(20)22-14)16(21)18-11-4-2-1-3-5-11/h1-6,8,10,12-13H,7,9H2,(H,18,21)/t10-,12+,13+,17+/m0/s1. The van der Waals surface area contributed by atoms with E-state index in [0.29, 0.717) is 12.1 Å². The highest BCUT2D eigenvalue weighted by molar-refractivity contribution is 6.05. The molecule has 3 aliphatic carbocycles. The second-order valence-electron chi connectivity index (χ2n) is 6.17. The molecular formula is C17H15NO4. The van der Waals surface area contributed by atoms with Crippen molar-refractivity contribution in [2.24, 2.45) is 23.2 Å². The number of cyclic esters (lactones) is 2. The molecule has 22 heavy (non-hydrogen) atoms. The van der Waals surface area contributed by atoms with Crippen LogP contribution in [-0.4, -0.2) is 17.8 Å². The summed E-state index contributed by atoms with van der Waals surface area (Å²) >= 11 is 0. The summed E-state index contributed by atoms with van der Waals surface area (Å²) < 4.78 is 4.82. The fraction of sp³-hybridized carbons (Fsp3) is 0.353. The normalized spacial score (nSPS) is 35.2. The SMILES string of the molecule is O=C1OC(=O)[C@H]2[C@H]1[C@H]1C=C[C@@]2(C(=O)Nc2ccccc2)CC1. The zero-order valence-electron chi connectivity index (χ0n) is 11.8. The van der Waals surface area contributed by atoms with Crippen LogP contribution in [0.2, 0.25) is 0 Å². The molecule has 1 saturated carbocycles. The first kappa shape index (κ1) is 13.2. The summed E-state index contributed by atoms with van der Waals surface area (Å²) in [6.07, 6.45) is 4.99. The van der Waals surface area contributed by atoms with Crippen molar-refractivity contribution in [3.8, 4) is 0 Å². The van der Waals surface area contributed by atoms with Gasteiger partial charge in [0.1, 0.15) is 0 Å². The molecule has 1 aromatic carbocycles. The van der Waals surface area contributed by atoms with Gasteiger partial charge in [-0.05, 0) is 30.9 Å². The van der Waals surface area contributed by atoms with Gasteiger partial charge in [-0.1, -0.05) is 30.4 Å². The molecule has 0 unspecified atom stereocenters. The van der Waals surface area contributed by atoms with Gasteiger partial charge in [0.2, 0.25) is 5.91 Å². The Morgan fingerprint density at radius 3 is 2.64 bits per heavy atom. The van der Waals surface area contributed by atoms with Gasteiger partial charge in [0.15, 0.2) is 0 Å². The molecule has 5 heteroatoms. The van der Waals surface area contributed by atoms with E-state index in [0.717, 1.165) is 6.42 Å². The summed E-state index contributed by atoms with van der Waals surface area (Å²) in [5.74, 6) is -2.47. The molecule has 5 rings (SSSR count). The maximum absolute atomic E-state index is 12.9. The molecule has 4 aliphatic rings. The molecular weight excluding hydrogens is 282 g/mol. The Morgan fingerprint density at radius 1 is 1.18 bits per heavy atom. The van der Waals surface area contributed by atoms with Crippen molar-refractivity contribution in [3.63, 3.8) is 0 Å². The Balaban J connectivity index is 1.71. The van der Waals surface area contributed by atoms with Gasteiger partial charge in [0.05, 0.1) is 17.3 Å². The van der Waals surface area contributed by atoms with Gasteiger partial charge >= 0.3 is 11.9 Å². The molecule has 1 aromatic rings. The summed E-state index contributed by atoms with van der Waals surface area (Å²) in [7, 11) is 0. The number of para-hydroxylation sites is 1. The quantitative estimate of drug-likeness (QED) is 0.514. The number of nitrogens with one attached hydrogen (secondary N) is 1. The van der Waals surface area contributed by atoms with E-state index < -0.39 is 29.2 Å². The molecule has 5 nitrogen and oxygen atoms in total. The van der Waals surface area contributed by atoms with Gasteiger partial charge in [0.25, 0.3) is 0 Å². The van der Waals surface area contributed by atoms with E-state index in [9.17, 15) is 14.4 Å². The van der Waals surface area contributed by atoms with Gasteiger partial charge in [0, 0.05) is 5.69 Å². The van der Waals surface area contributed by atoms with Crippen LogP contribution in [0.1, 0.15) is 12.8 Å². The van der Waals surface area contributed by atoms with Crippen LogP contribution < -0.4 is 5.32 Å². The lowest BCUT2D eigenvalue weighted by molar-refractivity contribution is -0.155. The van der Waals surface area contributed by atoms with Crippen molar-refractivity contribution in [3.05, 3.63) is 42.5 Å². The summed E-state index contributed by atoms with van der Waals surface area (Å²) in [6.45, 7) is 0. The average Bonchev–Trinajstić information content (AvgIpc) is 2.87. The molecule has 1 amide bonds. The maximum Gasteiger partial charge on any atom is 0.318 e. The molecule has 112 valence electrons. The summed E-state index contributed by atoms with van der Waals surface area (Å²) in [5.41, 5.74) is -0.296. The lowest BCUT2D eigenvalue weighted by Crippen LogP contribution is -2.52. The second-order valence-corrected chi connectivity index (χ2v) is 6.17. The fourth-order valence-electron chi connectivity index (χ4n) is 4.00. The van der Waals surface area contributed by atoms with Crippen LogP contribution in [0.3, 0.4) is 0 Å². The summed E-state index contributed by atoms with van der Waals surface area (Å²) in [4.78, 5) is 36.9. The Hall–Kier alpha value is -2.43. The number of amides is 1. The zero-order valence-corrected chi connectivity index (χ0v) is 11.8. The van der Waals surface area contributed by atoms with E-state index >= 15 is 0 Å². The number of allylic oxidation sites excluding steroid dienone is 1. The number of hydrogen-bond donors (Lipinski definition) is 1. The van der Waals surface area contributed by atoms with Crippen LogP contribution in [0.4, 0.5) is 5.69 Å². The highest BCUT2D eigenvalue weighted by Crippen LogP contribution is 2.56. The summed E-state index contributed by atoms with van der Waals surface area (Å²) in [6, 6.07) is 9.11. The number of esters is 2. The molecule has 1 aliphatic heterocycles. The van der Waals surface area contributed by atoms with Gasteiger partial charge in [-0.2, -0.15) is 0 Å². The van der Waals surface area contributed by atoms with Gasteiger partial charge < -0.3 is 10.1 Å². The number of fused-ring (bicyclic) bond motifs is 1. The number of carbonyl (C=O) groups is 3. The molecule has 4 atom stereocenters. The predicted octanol–water partition coefficient (Wildman–Crippen LogP) is 1.91. The van der Waals surface area contributed by atoms with E-state index in [1.807, 2.05) is 24.3 Å². The van der Waals surface area contributed by atoms with Crippen LogP contribution in [0.5, 0.6) is 0 Å². The van der Waals surface area contributed by atoms with Gasteiger partial charge in [-0.3, -0.25) is 14.4 Å². The highest BCUT2D eigenvalue weighted by Gasteiger charge is 2.64. The van der Waals surface area contributed by atoms with Crippen LogP contribution in [0.25, 0.3) is 0 Å². The van der Waals surface area contributed by atoms with Crippen LogP contribution >= 0.6 is 0 Å². The Kier molecular flexibility index (Phi) is 2.73. The number of ether oxygens (including phenoxy) is 1. The molecule has 0 spiro atoms. The van der Waals surface area contributed by atoms with Crippen molar-refractivity contribution < 1.29 is 19.1 Å². The van der Waals surface area contributed by atoms with E-state index in [4.69, 9.17) is 4.74 Å². The first-order valence-electron chi connectivity index (χ1n) is 7.43. The van der Waals surface area contributed by atoms with Crippen LogP contribution in [0, 0.1) is 23.2 Å². The lowest BCUT2D eigenvalue weighted by atomic mass is 9.54. The van der Waals surface area contributed by atoms with E-state index in [2.05, 4.69) is 5.32 Å². The van der Waals surface area contributed by atoms with Gasteiger partial charge in [-0.25, -0.2) is 0 Å². The van der Waals surface area contributed by atoms with E-state index in [1.54, 1.807) is 18.2 Å². The van der Waals surface area contributed by atoms with E-state index in [1.165, 1.54) is 0 Å².